The first-order valence-corrected chi connectivity index (χ1v) is 7.47. The Morgan fingerprint density at radius 1 is 1.10 bits per heavy atom. The van der Waals surface area contributed by atoms with Crippen LogP contribution in [0.2, 0.25) is 0 Å². The van der Waals surface area contributed by atoms with Crippen LogP contribution in [0.25, 0.3) is 16.7 Å². The molecule has 0 aliphatic heterocycles. The molecule has 0 atom stereocenters. The number of aromatic amines is 1. The molecule has 0 amide bonds. The van der Waals surface area contributed by atoms with Crippen molar-refractivity contribution in [3.63, 3.8) is 0 Å². The van der Waals surface area contributed by atoms with Gasteiger partial charge in [0.15, 0.2) is 4.77 Å². The number of ether oxygens (including phenoxy) is 2. The van der Waals surface area contributed by atoms with E-state index in [-0.39, 0.29) is 0 Å². The molecular weight excluding hydrogens is 352 g/mol. The average molecular weight is 365 g/mol. The summed E-state index contributed by atoms with van der Waals surface area (Å²) in [5.41, 5.74) is 2.77. The van der Waals surface area contributed by atoms with Crippen LogP contribution in [0.5, 0.6) is 11.5 Å². The third-order valence-electron chi connectivity index (χ3n) is 3.29. The molecule has 1 N–H and O–H groups in total. The van der Waals surface area contributed by atoms with Crippen LogP contribution >= 0.6 is 28.1 Å². The molecule has 2 aromatic carbocycles. The standard InChI is InChI=1S/C15H13BrN2O2S/c1-19-12-5-3-4-11-14(12)17-15(21)18(11)9-6-7-10(16)13(8-9)20-2/h3-8H,1-2H3,(H,17,21). The van der Waals surface area contributed by atoms with Crippen LogP contribution in [0, 0.1) is 4.77 Å². The van der Waals surface area contributed by atoms with E-state index in [9.17, 15) is 0 Å². The highest BCUT2D eigenvalue weighted by molar-refractivity contribution is 9.10. The summed E-state index contributed by atoms with van der Waals surface area (Å²) in [6.07, 6.45) is 0. The highest BCUT2D eigenvalue weighted by atomic mass is 79.9. The molecule has 1 heterocycles. The van der Waals surface area contributed by atoms with Gasteiger partial charge in [-0.15, -0.1) is 0 Å². The van der Waals surface area contributed by atoms with Crippen molar-refractivity contribution in [3.8, 4) is 17.2 Å². The summed E-state index contributed by atoms with van der Waals surface area (Å²) in [5.74, 6) is 1.52. The summed E-state index contributed by atoms with van der Waals surface area (Å²) in [7, 11) is 3.28. The van der Waals surface area contributed by atoms with E-state index >= 15 is 0 Å². The summed E-state index contributed by atoms with van der Waals surface area (Å²) in [4.78, 5) is 3.20. The molecule has 0 aliphatic carbocycles. The number of nitrogens with one attached hydrogen (secondary N) is 1. The van der Waals surface area contributed by atoms with Gasteiger partial charge in [-0.05, 0) is 52.4 Å². The van der Waals surface area contributed by atoms with Gasteiger partial charge in [0, 0.05) is 6.07 Å². The van der Waals surface area contributed by atoms with E-state index in [1.54, 1.807) is 14.2 Å². The minimum Gasteiger partial charge on any atom is -0.495 e. The van der Waals surface area contributed by atoms with Crippen molar-refractivity contribution >= 4 is 39.2 Å². The van der Waals surface area contributed by atoms with Crippen molar-refractivity contribution in [1.29, 1.82) is 0 Å². The Balaban J connectivity index is 2.30. The molecule has 3 rings (SSSR count). The summed E-state index contributed by atoms with van der Waals surface area (Å²) in [5, 5.41) is 0. The second-order valence-electron chi connectivity index (χ2n) is 4.44. The van der Waals surface area contributed by atoms with Crippen LogP contribution in [-0.2, 0) is 0 Å². The van der Waals surface area contributed by atoms with Gasteiger partial charge in [0.2, 0.25) is 0 Å². The van der Waals surface area contributed by atoms with E-state index in [0.717, 1.165) is 32.7 Å². The van der Waals surface area contributed by atoms with E-state index in [4.69, 9.17) is 21.7 Å². The molecule has 108 valence electrons. The zero-order valence-corrected chi connectivity index (χ0v) is 13.9. The van der Waals surface area contributed by atoms with Gasteiger partial charge in [0.1, 0.15) is 17.0 Å². The number of benzene rings is 2. The maximum atomic E-state index is 5.45. The highest BCUT2D eigenvalue weighted by Crippen LogP contribution is 2.31. The van der Waals surface area contributed by atoms with Gasteiger partial charge < -0.3 is 14.5 Å². The maximum Gasteiger partial charge on any atom is 0.182 e. The lowest BCUT2D eigenvalue weighted by Crippen LogP contribution is -1.95. The fraction of sp³-hybridized carbons (Fsp3) is 0.133. The average Bonchev–Trinajstić information content (AvgIpc) is 2.83. The highest BCUT2D eigenvalue weighted by Gasteiger charge is 2.11. The Kier molecular flexibility index (Phi) is 3.73. The Morgan fingerprint density at radius 3 is 2.57 bits per heavy atom. The molecule has 0 radical (unpaired) electrons. The van der Waals surface area contributed by atoms with Crippen LogP contribution in [0.4, 0.5) is 0 Å². The topological polar surface area (TPSA) is 39.2 Å². The van der Waals surface area contributed by atoms with E-state index in [0.29, 0.717) is 4.77 Å². The predicted octanol–water partition coefficient (Wildman–Crippen LogP) is 4.47. The number of hydrogen-bond donors (Lipinski definition) is 1. The van der Waals surface area contributed by atoms with Gasteiger partial charge >= 0.3 is 0 Å². The zero-order valence-electron chi connectivity index (χ0n) is 11.5. The zero-order chi connectivity index (χ0) is 15.0. The lowest BCUT2D eigenvalue weighted by Gasteiger charge is -2.09. The van der Waals surface area contributed by atoms with Gasteiger partial charge in [0.05, 0.1) is 29.9 Å². The molecule has 0 aliphatic rings. The van der Waals surface area contributed by atoms with Crippen molar-refractivity contribution in [2.75, 3.05) is 14.2 Å². The van der Waals surface area contributed by atoms with Crippen molar-refractivity contribution in [1.82, 2.24) is 9.55 Å². The normalized spacial score (nSPS) is 10.8. The fourth-order valence-corrected chi connectivity index (χ4v) is 3.03. The predicted molar refractivity (Wildman–Crippen MR) is 89.3 cm³/mol. The van der Waals surface area contributed by atoms with Gasteiger partial charge in [0.25, 0.3) is 0 Å². The first-order valence-electron chi connectivity index (χ1n) is 6.27. The van der Waals surface area contributed by atoms with E-state index in [1.165, 1.54) is 0 Å². The number of nitrogens with zero attached hydrogens (tertiary/aromatic N) is 1. The van der Waals surface area contributed by atoms with Crippen LogP contribution in [0.3, 0.4) is 0 Å². The number of rotatable bonds is 3. The second-order valence-corrected chi connectivity index (χ2v) is 5.68. The number of halogens is 1. The third kappa shape index (κ3) is 2.34. The summed E-state index contributed by atoms with van der Waals surface area (Å²) in [6, 6.07) is 11.7. The Morgan fingerprint density at radius 2 is 1.86 bits per heavy atom. The van der Waals surface area contributed by atoms with Crippen molar-refractivity contribution in [3.05, 3.63) is 45.6 Å². The molecule has 0 bridgehead atoms. The summed E-state index contributed by atoms with van der Waals surface area (Å²) < 4.78 is 14.2. The Hall–Kier alpha value is -1.79. The number of imidazole rings is 1. The second kappa shape index (κ2) is 5.54. The smallest absolute Gasteiger partial charge is 0.182 e. The van der Waals surface area contributed by atoms with Gasteiger partial charge in [-0.2, -0.15) is 0 Å². The van der Waals surface area contributed by atoms with E-state index < -0.39 is 0 Å². The van der Waals surface area contributed by atoms with Gasteiger partial charge in [-0.1, -0.05) is 6.07 Å². The van der Waals surface area contributed by atoms with Crippen LogP contribution in [-0.4, -0.2) is 23.8 Å². The number of methoxy groups -OCH3 is 2. The molecular formula is C15H13BrN2O2S. The summed E-state index contributed by atoms with van der Waals surface area (Å²) in [6.45, 7) is 0. The quantitative estimate of drug-likeness (QED) is 0.697. The number of fused-ring (bicyclic) bond motifs is 1. The molecule has 0 spiro atoms. The van der Waals surface area contributed by atoms with Crippen LogP contribution in [0.15, 0.2) is 40.9 Å². The number of aromatic nitrogens is 2. The first kappa shape index (κ1) is 14.2. The largest absolute Gasteiger partial charge is 0.495 e. The lowest BCUT2D eigenvalue weighted by atomic mass is 10.2. The Labute approximate surface area is 135 Å². The maximum absolute atomic E-state index is 5.45. The summed E-state index contributed by atoms with van der Waals surface area (Å²) >= 11 is 8.91. The van der Waals surface area contributed by atoms with Crippen LogP contribution in [0.1, 0.15) is 0 Å². The molecule has 1 aromatic heterocycles. The minimum atomic E-state index is 0.610. The third-order valence-corrected chi connectivity index (χ3v) is 4.23. The van der Waals surface area contributed by atoms with Crippen molar-refractivity contribution < 1.29 is 9.47 Å². The number of H-pyrrole nitrogens is 1. The molecule has 21 heavy (non-hydrogen) atoms. The number of para-hydroxylation sites is 1. The van der Waals surface area contributed by atoms with Gasteiger partial charge in [-0.3, -0.25) is 4.57 Å². The fourth-order valence-electron chi connectivity index (χ4n) is 2.32. The molecule has 6 heteroatoms. The molecule has 4 nitrogen and oxygen atoms in total. The SMILES string of the molecule is COc1cc(-n2c(=S)[nH]c3c(OC)cccc32)ccc1Br. The van der Waals surface area contributed by atoms with E-state index in [1.807, 2.05) is 41.0 Å². The monoisotopic (exact) mass is 364 g/mol. The molecule has 0 fully saturated rings. The first-order chi connectivity index (χ1) is 10.2. The molecule has 0 unspecified atom stereocenters. The number of hydrogen-bond acceptors (Lipinski definition) is 3. The van der Waals surface area contributed by atoms with Gasteiger partial charge in [-0.25, -0.2) is 0 Å². The van der Waals surface area contributed by atoms with Crippen LogP contribution < -0.4 is 9.47 Å². The van der Waals surface area contributed by atoms with Crippen molar-refractivity contribution in [2.24, 2.45) is 0 Å². The molecule has 3 aromatic rings. The molecule has 0 saturated carbocycles. The van der Waals surface area contributed by atoms with Crippen molar-refractivity contribution in [2.45, 2.75) is 0 Å². The molecule has 0 saturated heterocycles. The minimum absolute atomic E-state index is 0.610. The Bertz CT molecular complexity index is 870. The van der Waals surface area contributed by atoms with E-state index in [2.05, 4.69) is 20.9 Å². The lowest BCUT2D eigenvalue weighted by molar-refractivity contribution is 0.412.